The van der Waals surface area contributed by atoms with Gasteiger partial charge in [0.2, 0.25) is 0 Å². The van der Waals surface area contributed by atoms with Crippen LogP contribution in [0.3, 0.4) is 0 Å². The minimum atomic E-state index is 0. The average molecular weight is 371 g/mol. The third-order valence-electron chi connectivity index (χ3n) is 4.06. The van der Waals surface area contributed by atoms with Gasteiger partial charge in [0.25, 0.3) is 0 Å². The molecule has 0 heterocycles. The van der Waals surface area contributed by atoms with Crippen LogP contribution < -0.4 is 10.0 Å². The molecule has 0 saturated carbocycles. The van der Waals surface area contributed by atoms with E-state index in [2.05, 4.69) is 46.8 Å². The van der Waals surface area contributed by atoms with Gasteiger partial charge in [-0.1, -0.05) is 50.6 Å². The zero-order valence-corrected chi connectivity index (χ0v) is 16.8. The second-order valence-electron chi connectivity index (χ2n) is 7.01. The molecule has 0 saturated heterocycles. The molecule has 0 aliphatic rings. The van der Waals surface area contributed by atoms with E-state index in [4.69, 9.17) is 16.3 Å². The van der Waals surface area contributed by atoms with Crippen LogP contribution >= 0.6 is 20.2 Å². The Bertz CT molecular complexity index is 759. The van der Waals surface area contributed by atoms with Crippen LogP contribution in [0.5, 0.6) is 5.75 Å². The number of carbonyl (C=O) groups excluding carboxylic acids is 1. The Hall–Kier alpha value is -0.773. The van der Waals surface area contributed by atoms with E-state index >= 15 is 0 Å². The molecule has 0 bridgehead atoms. The topological polar surface area (TPSA) is 26.3 Å². The summed E-state index contributed by atoms with van der Waals surface area (Å²) in [6.07, 6.45) is 0. The summed E-state index contributed by atoms with van der Waals surface area (Å²) in [5.41, 5.74) is 4.16. The molecule has 130 valence electrons. The Morgan fingerprint density at radius 3 is 2.16 bits per heavy atom. The average Bonchev–Trinajstić information content (AvgIpc) is 2.49. The summed E-state index contributed by atoms with van der Waals surface area (Å²) >= 11 is 6.24. The van der Waals surface area contributed by atoms with Gasteiger partial charge in [-0.2, -0.15) is 0 Å². The predicted molar refractivity (Wildman–Crippen MR) is 112 cm³/mol. The first-order valence-electron chi connectivity index (χ1n) is 7.90. The van der Waals surface area contributed by atoms with Gasteiger partial charge in [0.1, 0.15) is 5.75 Å². The number of carbonyl (C=O) groups is 1. The molecule has 5 heteroatoms. The van der Waals surface area contributed by atoms with Crippen LogP contribution in [-0.2, 0) is 5.41 Å². The van der Waals surface area contributed by atoms with Crippen LogP contribution in [0.2, 0.25) is 5.02 Å². The number of benzene rings is 2. The first kappa shape index (κ1) is 22.3. The van der Waals surface area contributed by atoms with Gasteiger partial charge in [-0.05, 0) is 62.0 Å². The van der Waals surface area contributed by atoms with E-state index in [1.54, 1.807) is 25.3 Å². The zero-order valence-electron chi connectivity index (χ0n) is 15.1. The first-order chi connectivity index (χ1) is 11.1. The van der Waals surface area contributed by atoms with E-state index in [0.29, 0.717) is 16.3 Å². The van der Waals surface area contributed by atoms with Crippen LogP contribution in [0, 0.1) is 13.8 Å². The third kappa shape index (κ3) is 5.12. The van der Waals surface area contributed by atoms with Gasteiger partial charge in [0, 0.05) is 0 Å². The summed E-state index contributed by atoms with van der Waals surface area (Å²) in [6, 6.07) is 9.66. The van der Waals surface area contributed by atoms with Crippen molar-refractivity contribution in [2.45, 2.75) is 40.0 Å². The Kier molecular flexibility index (Phi) is 7.79. The summed E-state index contributed by atoms with van der Waals surface area (Å²) in [4.78, 5) is 12.8. The number of hydrogen-bond donors (Lipinski definition) is 0. The van der Waals surface area contributed by atoms with E-state index < -0.39 is 0 Å². The molecule has 0 N–H and O–H groups in total. The maximum atomic E-state index is 12.8. The third-order valence-corrected chi connectivity index (χ3v) is 5.89. The van der Waals surface area contributed by atoms with Crippen molar-refractivity contribution in [3.63, 3.8) is 0 Å². The second kappa shape index (κ2) is 8.74. The molecule has 25 heavy (non-hydrogen) atoms. The molecule has 2 nitrogen and oxygen atoms in total. The fraction of sp³-hybridized carbons (Fsp3) is 0.350. The first-order valence-corrected chi connectivity index (χ1v) is 9.28. The number of hydrogen-bond acceptors (Lipinski definition) is 2. The fourth-order valence-corrected chi connectivity index (χ4v) is 4.14. The van der Waals surface area contributed by atoms with Gasteiger partial charge in [-0.15, -0.1) is 0 Å². The van der Waals surface area contributed by atoms with Crippen LogP contribution in [-0.4, -0.2) is 31.5 Å². The molecular formula is C20H25ClLiO2P. The molecular weight excluding hydrogens is 346 g/mol. The quantitative estimate of drug-likeness (QED) is 0.573. The number of methoxy groups -OCH3 is 1. The molecule has 2 aromatic rings. The van der Waals surface area contributed by atoms with E-state index in [9.17, 15) is 4.79 Å². The van der Waals surface area contributed by atoms with Gasteiger partial charge < -0.3 is 4.74 Å². The number of ether oxygens (including phenoxy) is 1. The monoisotopic (exact) mass is 370 g/mol. The Morgan fingerprint density at radius 1 is 1.12 bits per heavy atom. The molecule has 0 fully saturated rings. The summed E-state index contributed by atoms with van der Waals surface area (Å²) in [6.45, 7) is 10.7. The Labute approximate surface area is 169 Å². The van der Waals surface area contributed by atoms with E-state index in [1.165, 1.54) is 5.56 Å². The van der Waals surface area contributed by atoms with Crippen molar-refractivity contribution >= 4 is 49.9 Å². The van der Waals surface area contributed by atoms with Gasteiger partial charge in [0.05, 0.1) is 17.7 Å². The SMILES string of the molecule is COc1cccc(Cl)c1C(=O)Pc1c(C)cc(C(C)(C)C)cc1C.[LiH]. The molecule has 1 unspecified atom stereocenters. The maximum absolute atomic E-state index is 12.8. The van der Waals surface area contributed by atoms with Crippen molar-refractivity contribution in [1.29, 1.82) is 0 Å². The molecule has 0 aliphatic heterocycles. The fourth-order valence-electron chi connectivity index (χ4n) is 2.66. The van der Waals surface area contributed by atoms with Crippen molar-refractivity contribution in [1.82, 2.24) is 0 Å². The minimum absolute atomic E-state index is 0. The van der Waals surface area contributed by atoms with Gasteiger partial charge in [0.15, 0.2) is 5.52 Å². The van der Waals surface area contributed by atoms with E-state index in [-0.39, 0.29) is 38.4 Å². The van der Waals surface area contributed by atoms with Crippen molar-refractivity contribution in [2.75, 3.05) is 7.11 Å². The van der Waals surface area contributed by atoms with Gasteiger partial charge in [-0.3, -0.25) is 4.79 Å². The summed E-state index contributed by atoms with van der Waals surface area (Å²) in [5, 5.41) is 1.53. The van der Waals surface area contributed by atoms with Crippen LogP contribution in [0.4, 0.5) is 0 Å². The molecule has 0 radical (unpaired) electrons. The number of halogens is 1. The summed E-state index contributed by atoms with van der Waals surface area (Å²) in [7, 11) is 1.58. The van der Waals surface area contributed by atoms with Crippen LogP contribution in [0.1, 0.15) is 47.8 Å². The standard InChI is InChI=1S/C20H24ClO2P.Li.H/c1-12-10-14(20(3,4)5)11-13(2)18(12)24-19(22)17-15(21)8-7-9-16(17)23-6;;/h7-11,24H,1-6H3;;. The van der Waals surface area contributed by atoms with Crippen molar-refractivity contribution in [3.05, 3.63) is 57.6 Å². The molecule has 0 amide bonds. The normalized spacial score (nSPS) is 11.5. The van der Waals surface area contributed by atoms with Crippen LogP contribution in [0.15, 0.2) is 30.3 Å². The number of rotatable bonds is 4. The summed E-state index contributed by atoms with van der Waals surface area (Å²) in [5.74, 6) is 0.529. The van der Waals surface area contributed by atoms with Crippen molar-refractivity contribution in [2.24, 2.45) is 0 Å². The van der Waals surface area contributed by atoms with Gasteiger partial charge >= 0.3 is 18.9 Å². The van der Waals surface area contributed by atoms with Gasteiger partial charge in [-0.25, -0.2) is 0 Å². The predicted octanol–water partition coefficient (Wildman–Crippen LogP) is 4.76. The Morgan fingerprint density at radius 2 is 1.68 bits per heavy atom. The van der Waals surface area contributed by atoms with Crippen LogP contribution in [0.25, 0.3) is 0 Å². The molecule has 0 aromatic heterocycles. The molecule has 2 aromatic carbocycles. The van der Waals surface area contributed by atoms with E-state index in [0.717, 1.165) is 16.4 Å². The second-order valence-corrected chi connectivity index (χ2v) is 8.62. The number of aryl methyl sites for hydroxylation is 2. The molecule has 0 spiro atoms. The Balaban J connectivity index is 0.00000312. The molecule has 0 aliphatic carbocycles. The summed E-state index contributed by atoms with van der Waals surface area (Å²) < 4.78 is 5.31. The molecule has 1 atom stereocenters. The van der Waals surface area contributed by atoms with Crippen molar-refractivity contribution in [3.8, 4) is 5.75 Å². The zero-order chi connectivity index (χ0) is 18.1. The van der Waals surface area contributed by atoms with E-state index in [1.807, 2.05) is 0 Å². The molecule has 2 rings (SSSR count). The van der Waals surface area contributed by atoms with Crippen molar-refractivity contribution < 1.29 is 9.53 Å².